The highest BCUT2D eigenvalue weighted by Crippen LogP contribution is 2.25. The summed E-state index contributed by atoms with van der Waals surface area (Å²) in [6.45, 7) is 1.92. The number of nitrogens with one attached hydrogen (secondary N) is 2. The molecular formula is C15H12N4O3S. The molecule has 2 aromatic carbocycles. The van der Waals surface area contributed by atoms with Crippen LogP contribution in [0.5, 0.6) is 0 Å². The Hall–Kier alpha value is -3.00. The number of aromatic nitrogens is 1. The van der Waals surface area contributed by atoms with Crippen LogP contribution < -0.4 is 10.6 Å². The van der Waals surface area contributed by atoms with Gasteiger partial charge in [-0.3, -0.25) is 10.1 Å². The number of carbonyl (C=O) groups is 1. The van der Waals surface area contributed by atoms with Gasteiger partial charge in [0.05, 0.1) is 20.1 Å². The Morgan fingerprint density at radius 2 is 1.91 bits per heavy atom. The van der Waals surface area contributed by atoms with Crippen LogP contribution in [0.15, 0.2) is 42.5 Å². The standard InChI is InChI=1S/C15H12N4O3S/c1-9-16-13-6-5-11(8-14(13)23-9)18-15(20)17-10-3-2-4-12(7-10)19(21)22/h2-8H,1H3,(H2,17,18,20). The monoisotopic (exact) mass is 328 g/mol. The molecule has 1 aromatic heterocycles. The minimum atomic E-state index is -0.511. The highest BCUT2D eigenvalue weighted by atomic mass is 32.1. The molecular weight excluding hydrogens is 316 g/mol. The Bertz CT molecular complexity index is 907. The van der Waals surface area contributed by atoms with Gasteiger partial charge < -0.3 is 10.6 Å². The maximum atomic E-state index is 12.0. The minimum Gasteiger partial charge on any atom is -0.308 e. The number of amides is 2. The average molecular weight is 328 g/mol. The molecule has 2 amide bonds. The van der Waals surface area contributed by atoms with E-state index in [0.717, 1.165) is 15.2 Å². The van der Waals surface area contributed by atoms with Crippen LogP contribution in [-0.4, -0.2) is 15.9 Å². The number of anilines is 2. The van der Waals surface area contributed by atoms with Crippen molar-refractivity contribution in [2.75, 3.05) is 10.6 Å². The summed E-state index contributed by atoms with van der Waals surface area (Å²) >= 11 is 1.54. The summed E-state index contributed by atoms with van der Waals surface area (Å²) < 4.78 is 0.982. The number of hydrogen-bond acceptors (Lipinski definition) is 5. The van der Waals surface area contributed by atoms with Crippen molar-refractivity contribution in [2.45, 2.75) is 6.92 Å². The zero-order chi connectivity index (χ0) is 16.4. The van der Waals surface area contributed by atoms with Crippen molar-refractivity contribution in [2.24, 2.45) is 0 Å². The Kier molecular flexibility index (Phi) is 3.90. The largest absolute Gasteiger partial charge is 0.323 e. The second-order valence-electron chi connectivity index (χ2n) is 4.80. The maximum Gasteiger partial charge on any atom is 0.323 e. The molecule has 0 aliphatic rings. The topological polar surface area (TPSA) is 97.2 Å². The highest BCUT2D eigenvalue weighted by molar-refractivity contribution is 7.18. The van der Waals surface area contributed by atoms with Crippen molar-refractivity contribution < 1.29 is 9.72 Å². The van der Waals surface area contributed by atoms with E-state index in [2.05, 4.69) is 15.6 Å². The van der Waals surface area contributed by atoms with E-state index in [1.165, 1.54) is 18.2 Å². The van der Waals surface area contributed by atoms with Crippen LogP contribution in [0.2, 0.25) is 0 Å². The van der Waals surface area contributed by atoms with E-state index in [1.54, 1.807) is 23.5 Å². The molecule has 0 atom stereocenters. The average Bonchev–Trinajstić information content (AvgIpc) is 2.86. The van der Waals surface area contributed by atoms with E-state index in [1.807, 2.05) is 19.1 Å². The third-order valence-corrected chi connectivity index (χ3v) is 4.00. The van der Waals surface area contributed by atoms with Gasteiger partial charge in [0.1, 0.15) is 0 Å². The molecule has 2 N–H and O–H groups in total. The predicted octanol–water partition coefficient (Wildman–Crippen LogP) is 4.16. The third-order valence-electron chi connectivity index (χ3n) is 3.07. The van der Waals surface area contributed by atoms with E-state index >= 15 is 0 Å². The van der Waals surface area contributed by atoms with Gasteiger partial charge in [0.2, 0.25) is 0 Å². The van der Waals surface area contributed by atoms with Gasteiger partial charge >= 0.3 is 6.03 Å². The lowest BCUT2D eigenvalue weighted by molar-refractivity contribution is -0.384. The summed E-state index contributed by atoms with van der Waals surface area (Å²) in [5, 5.41) is 17.0. The molecule has 3 aromatic rings. The van der Waals surface area contributed by atoms with Crippen molar-refractivity contribution in [3.8, 4) is 0 Å². The summed E-state index contributed by atoms with van der Waals surface area (Å²) in [5.41, 5.74) is 1.79. The first-order valence-corrected chi connectivity index (χ1v) is 7.52. The lowest BCUT2D eigenvalue weighted by atomic mass is 10.3. The number of nitro benzene ring substituents is 1. The molecule has 0 unspecified atom stereocenters. The number of hydrogen-bond donors (Lipinski definition) is 2. The quantitative estimate of drug-likeness (QED) is 0.557. The molecule has 0 aliphatic carbocycles. The summed E-state index contributed by atoms with van der Waals surface area (Å²) in [7, 11) is 0. The van der Waals surface area contributed by atoms with Gasteiger partial charge in [-0.15, -0.1) is 11.3 Å². The van der Waals surface area contributed by atoms with E-state index in [9.17, 15) is 14.9 Å². The maximum absolute atomic E-state index is 12.0. The number of carbonyl (C=O) groups excluding carboxylic acids is 1. The van der Waals surface area contributed by atoms with Gasteiger partial charge in [-0.05, 0) is 31.2 Å². The molecule has 8 heteroatoms. The first kappa shape index (κ1) is 14.9. The number of urea groups is 1. The lowest BCUT2D eigenvalue weighted by Crippen LogP contribution is -2.19. The number of fused-ring (bicyclic) bond motifs is 1. The van der Waals surface area contributed by atoms with Gasteiger partial charge in [-0.25, -0.2) is 9.78 Å². The fourth-order valence-electron chi connectivity index (χ4n) is 2.11. The molecule has 23 heavy (non-hydrogen) atoms. The predicted molar refractivity (Wildman–Crippen MR) is 90.1 cm³/mol. The summed E-state index contributed by atoms with van der Waals surface area (Å²) in [5.74, 6) is 0. The second kappa shape index (κ2) is 6.01. The van der Waals surface area contributed by atoms with Gasteiger partial charge in [0.15, 0.2) is 0 Å². The molecule has 3 rings (SSSR count). The molecule has 1 heterocycles. The Balaban J connectivity index is 1.73. The number of aryl methyl sites for hydroxylation is 1. The van der Waals surface area contributed by atoms with Crippen molar-refractivity contribution in [3.05, 3.63) is 57.6 Å². The zero-order valence-electron chi connectivity index (χ0n) is 12.1. The van der Waals surface area contributed by atoms with Crippen molar-refractivity contribution in [1.29, 1.82) is 0 Å². The first-order chi connectivity index (χ1) is 11.0. The fourth-order valence-corrected chi connectivity index (χ4v) is 2.97. The van der Waals surface area contributed by atoms with Crippen LogP contribution in [-0.2, 0) is 0 Å². The SMILES string of the molecule is Cc1nc2ccc(NC(=O)Nc3cccc([N+](=O)[O-])c3)cc2s1. The van der Waals surface area contributed by atoms with E-state index in [-0.39, 0.29) is 5.69 Å². The molecule has 0 spiro atoms. The lowest BCUT2D eigenvalue weighted by Gasteiger charge is -2.07. The van der Waals surface area contributed by atoms with Crippen molar-refractivity contribution in [3.63, 3.8) is 0 Å². The Morgan fingerprint density at radius 3 is 2.65 bits per heavy atom. The minimum absolute atomic E-state index is 0.0793. The first-order valence-electron chi connectivity index (χ1n) is 6.71. The summed E-state index contributed by atoms with van der Waals surface area (Å²) in [6.07, 6.45) is 0. The molecule has 0 bridgehead atoms. The second-order valence-corrected chi connectivity index (χ2v) is 6.04. The molecule has 0 radical (unpaired) electrons. The van der Waals surface area contributed by atoms with Gasteiger partial charge in [-0.1, -0.05) is 6.07 Å². The molecule has 0 saturated heterocycles. The number of nitro groups is 1. The van der Waals surface area contributed by atoms with Gasteiger partial charge in [0.25, 0.3) is 5.69 Å². The molecule has 7 nitrogen and oxygen atoms in total. The van der Waals surface area contributed by atoms with E-state index in [4.69, 9.17) is 0 Å². The zero-order valence-corrected chi connectivity index (χ0v) is 12.9. The number of thiazole rings is 1. The normalized spacial score (nSPS) is 10.5. The van der Waals surface area contributed by atoms with Crippen LogP contribution in [0.1, 0.15) is 5.01 Å². The van der Waals surface area contributed by atoms with Crippen molar-refractivity contribution >= 4 is 44.6 Å². The van der Waals surface area contributed by atoms with Crippen LogP contribution >= 0.6 is 11.3 Å². The fraction of sp³-hybridized carbons (Fsp3) is 0.0667. The smallest absolute Gasteiger partial charge is 0.308 e. The van der Waals surface area contributed by atoms with Crippen LogP contribution in [0.4, 0.5) is 21.9 Å². The van der Waals surface area contributed by atoms with Crippen molar-refractivity contribution in [1.82, 2.24) is 4.98 Å². The number of rotatable bonds is 3. The molecule has 116 valence electrons. The number of non-ortho nitro benzene ring substituents is 1. The third kappa shape index (κ3) is 3.43. The van der Waals surface area contributed by atoms with Crippen LogP contribution in [0.3, 0.4) is 0 Å². The highest BCUT2D eigenvalue weighted by Gasteiger charge is 2.09. The number of benzene rings is 2. The molecule has 0 aliphatic heterocycles. The Morgan fingerprint density at radius 1 is 1.17 bits per heavy atom. The summed E-state index contributed by atoms with van der Waals surface area (Å²) in [6, 6.07) is 10.7. The van der Waals surface area contributed by atoms with Crippen LogP contribution in [0, 0.1) is 17.0 Å². The van der Waals surface area contributed by atoms with Gasteiger partial charge in [-0.2, -0.15) is 0 Å². The van der Waals surface area contributed by atoms with E-state index < -0.39 is 11.0 Å². The Labute approximate surface area is 135 Å². The molecule has 0 fully saturated rings. The van der Waals surface area contributed by atoms with Crippen LogP contribution in [0.25, 0.3) is 10.2 Å². The van der Waals surface area contributed by atoms with Gasteiger partial charge in [0, 0.05) is 23.5 Å². The summed E-state index contributed by atoms with van der Waals surface area (Å²) in [4.78, 5) is 26.6. The molecule has 0 saturated carbocycles. The number of nitrogens with zero attached hydrogens (tertiary/aromatic N) is 2. The van der Waals surface area contributed by atoms with E-state index in [0.29, 0.717) is 11.4 Å².